The molecular formula is C14H10N4S. The Morgan fingerprint density at radius 1 is 0.842 bits per heavy atom. The fraction of sp³-hybridized carbons (Fsp3) is 0. The molecule has 0 spiro atoms. The maximum absolute atomic E-state index is 6.05. The molecule has 4 rings (SSSR count). The highest BCUT2D eigenvalue weighted by atomic mass is 32.1. The predicted molar refractivity (Wildman–Crippen MR) is 81.3 cm³/mol. The van der Waals surface area contributed by atoms with Crippen LogP contribution in [0.25, 0.3) is 31.1 Å². The maximum Gasteiger partial charge on any atom is 0.222 e. The Labute approximate surface area is 112 Å². The third-order valence-electron chi connectivity index (χ3n) is 3.25. The smallest absolute Gasteiger partial charge is 0.222 e. The lowest BCUT2D eigenvalue weighted by Gasteiger charge is -2.04. The average molecular weight is 266 g/mol. The molecule has 0 saturated carbocycles. The third-order valence-corrected chi connectivity index (χ3v) is 4.38. The lowest BCUT2D eigenvalue weighted by atomic mass is 10.1. The molecule has 0 unspecified atom stereocenters. The van der Waals surface area contributed by atoms with E-state index in [9.17, 15) is 0 Å². The molecule has 19 heavy (non-hydrogen) atoms. The molecular weight excluding hydrogens is 256 g/mol. The fourth-order valence-corrected chi connectivity index (χ4v) is 3.60. The first-order chi connectivity index (χ1) is 9.24. The van der Waals surface area contributed by atoms with Crippen LogP contribution in [0.5, 0.6) is 0 Å². The van der Waals surface area contributed by atoms with E-state index < -0.39 is 0 Å². The maximum atomic E-state index is 6.05. The number of anilines is 2. The van der Waals surface area contributed by atoms with Crippen LogP contribution in [0, 0.1) is 0 Å². The first-order valence-electron chi connectivity index (χ1n) is 5.87. The fourth-order valence-electron chi connectivity index (χ4n) is 2.49. The number of thiophene rings is 1. The van der Waals surface area contributed by atoms with Gasteiger partial charge in [0.25, 0.3) is 0 Å². The summed E-state index contributed by atoms with van der Waals surface area (Å²) >= 11 is 1.75. The summed E-state index contributed by atoms with van der Waals surface area (Å²) < 4.78 is 2.43. The summed E-state index contributed by atoms with van der Waals surface area (Å²) in [7, 11) is 0. The molecule has 0 atom stereocenters. The second-order valence-corrected chi connectivity index (χ2v) is 5.48. The van der Waals surface area contributed by atoms with Crippen molar-refractivity contribution in [1.82, 2.24) is 9.97 Å². The van der Waals surface area contributed by atoms with Crippen molar-refractivity contribution >= 4 is 54.2 Å². The molecule has 0 aliphatic heterocycles. The average Bonchev–Trinajstić information content (AvgIpc) is 2.76. The molecule has 5 heteroatoms. The highest BCUT2D eigenvalue weighted by Crippen LogP contribution is 2.39. The molecule has 4 aromatic rings. The van der Waals surface area contributed by atoms with Gasteiger partial charge in [0.2, 0.25) is 5.95 Å². The van der Waals surface area contributed by atoms with E-state index in [0.29, 0.717) is 5.82 Å². The van der Waals surface area contributed by atoms with Crippen LogP contribution in [0.3, 0.4) is 0 Å². The SMILES string of the molecule is Nc1nc(N)c2c(ccc3sc4ccccc4c32)n1. The van der Waals surface area contributed by atoms with Gasteiger partial charge >= 0.3 is 0 Å². The summed E-state index contributed by atoms with van der Waals surface area (Å²) in [6.45, 7) is 0. The molecule has 0 radical (unpaired) electrons. The number of fused-ring (bicyclic) bond motifs is 5. The van der Waals surface area contributed by atoms with Gasteiger partial charge in [0.15, 0.2) is 0 Å². The number of rotatable bonds is 0. The van der Waals surface area contributed by atoms with Gasteiger partial charge in [-0.3, -0.25) is 0 Å². The molecule has 2 aromatic heterocycles. The van der Waals surface area contributed by atoms with Crippen molar-refractivity contribution in [3.8, 4) is 0 Å². The zero-order valence-electron chi connectivity index (χ0n) is 9.92. The lowest BCUT2D eigenvalue weighted by molar-refractivity contribution is 1.25. The van der Waals surface area contributed by atoms with E-state index in [4.69, 9.17) is 11.5 Å². The van der Waals surface area contributed by atoms with Gasteiger partial charge in [-0.15, -0.1) is 11.3 Å². The summed E-state index contributed by atoms with van der Waals surface area (Å²) in [4.78, 5) is 8.35. The van der Waals surface area contributed by atoms with Gasteiger partial charge in [-0.05, 0) is 18.2 Å². The highest BCUT2D eigenvalue weighted by Gasteiger charge is 2.12. The molecule has 0 saturated heterocycles. The van der Waals surface area contributed by atoms with Crippen LogP contribution in [0.1, 0.15) is 0 Å². The third kappa shape index (κ3) is 1.39. The molecule has 2 heterocycles. The number of hydrogen-bond acceptors (Lipinski definition) is 5. The van der Waals surface area contributed by atoms with Crippen molar-refractivity contribution in [3.05, 3.63) is 36.4 Å². The molecule has 92 valence electrons. The summed E-state index contributed by atoms with van der Waals surface area (Å²) in [6, 6.07) is 12.3. The van der Waals surface area contributed by atoms with Crippen LogP contribution in [0.4, 0.5) is 11.8 Å². The second-order valence-electron chi connectivity index (χ2n) is 4.40. The van der Waals surface area contributed by atoms with Crippen molar-refractivity contribution in [2.24, 2.45) is 0 Å². The molecule has 0 fully saturated rings. The van der Waals surface area contributed by atoms with Gasteiger partial charge in [-0.25, -0.2) is 4.98 Å². The van der Waals surface area contributed by atoms with Crippen LogP contribution in [-0.2, 0) is 0 Å². The van der Waals surface area contributed by atoms with Crippen LogP contribution >= 0.6 is 11.3 Å². The van der Waals surface area contributed by atoms with E-state index in [1.54, 1.807) is 11.3 Å². The highest BCUT2D eigenvalue weighted by molar-refractivity contribution is 7.26. The van der Waals surface area contributed by atoms with Crippen molar-refractivity contribution in [1.29, 1.82) is 0 Å². The molecule has 4 N–H and O–H groups in total. The second kappa shape index (κ2) is 3.55. The minimum atomic E-state index is 0.212. The Hall–Kier alpha value is -2.40. The lowest BCUT2D eigenvalue weighted by Crippen LogP contribution is -2.00. The number of hydrogen-bond donors (Lipinski definition) is 2. The molecule has 0 amide bonds. The van der Waals surface area contributed by atoms with Gasteiger partial charge in [-0.2, -0.15) is 4.98 Å². The molecule has 0 bridgehead atoms. The largest absolute Gasteiger partial charge is 0.383 e. The Morgan fingerprint density at radius 3 is 2.58 bits per heavy atom. The number of benzene rings is 2. The zero-order chi connectivity index (χ0) is 13.0. The van der Waals surface area contributed by atoms with E-state index in [2.05, 4.69) is 28.2 Å². The molecule has 4 nitrogen and oxygen atoms in total. The zero-order valence-corrected chi connectivity index (χ0v) is 10.7. The van der Waals surface area contributed by atoms with Crippen LogP contribution in [0.2, 0.25) is 0 Å². The quantitative estimate of drug-likeness (QED) is 0.512. The molecule has 0 aliphatic rings. The topological polar surface area (TPSA) is 77.8 Å². The molecule has 2 aromatic carbocycles. The number of nitrogens with zero attached hydrogens (tertiary/aromatic N) is 2. The van der Waals surface area contributed by atoms with E-state index in [1.807, 2.05) is 18.2 Å². The van der Waals surface area contributed by atoms with Gasteiger partial charge < -0.3 is 11.5 Å². The van der Waals surface area contributed by atoms with E-state index in [1.165, 1.54) is 14.8 Å². The Morgan fingerprint density at radius 2 is 1.68 bits per heavy atom. The summed E-state index contributed by atoms with van der Waals surface area (Å²) in [6.07, 6.45) is 0. The van der Waals surface area contributed by atoms with Gasteiger partial charge in [0, 0.05) is 20.2 Å². The number of nitrogen functional groups attached to an aromatic ring is 2. The Bertz CT molecular complexity index is 942. The van der Waals surface area contributed by atoms with Gasteiger partial charge in [-0.1, -0.05) is 18.2 Å². The minimum absolute atomic E-state index is 0.212. The van der Waals surface area contributed by atoms with E-state index >= 15 is 0 Å². The van der Waals surface area contributed by atoms with Crippen LogP contribution < -0.4 is 11.5 Å². The summed E-state index contributed by atoms with van der Waals surface area (Å²) in [5, 5.41) is 3.20. The Kier molecular flexibility index (Phi) is 1.97. The standard InChI is InChI=1S/C14H10N4S/c15-13-12-8(17-14(16)18-13)5-6-10-11(12)7-3-1-2-4-9(7)19-10/h1-6H,(H4,15,16,17,18). The Balaban J connectivity index is 2.36. The summed E-state index contributed by atoms with van der Waals surface area (Å²) in [5.41, 5.74) is 12.5. The first kappa shape index (κ1) is 10.5. The molecule has 0 aliphatic carbocycles. The predicted octanol–water partition coefficient (Wildman–Crippen LogP) is 3.16. The summed E-state index contributed by atoms with van der Waals surface area (Å²) in [5.74, 6) is 0.653. The monoisotopic (exact) mass is 266 g/mol. The van der Waals surface area contributed by atoms with E-state index in [-0.39, 0.29) is 5.95 Å². The van der Waals surface area contributed by atoms with Gasteiger partial charge in [0.1, 0.15) is 5.82 Å². The van der Waals surface area contributed by atoms with E-state index in [0.717, 1.165) is 16.3 Å². The van der Waals surface area contributed by atoms with Crippen LogP contribution in [0.15, 0.2) is 36.4 Å². The van der Waals surface area contributed by atoms with Crippen molar-refractivity contribution in [3.63, 3.8) is 0 Å². The first-order valence-corrected chi connectivity index (χ1v) is 6.68. The van der Waals surface area contributed by atoms with Crippen molar-refractivity contribution in [2.75, 3.05) is 11.5 Å². The van der Waals surface area contributed by atoms with Gasteiger partial charge in [0.05, 0.1) is 10.9 Å². The number of aromatic nitrogens is 2. The number of nitrogens with two attached hydrogens (primary N) is 2. The van der Waals surface area contributed by atoms with Crippen molar-refractivity contribution in [2.45, 2.75) is 0 Å². The van der Waals surface area contributed by atoms with Crippen LogP contribution in [-0.4, -0.2) is 9.97 Å². The minimum Gasteiger partial charge on any atom is -0.383 e. The normalized spacial score (nSPS) is 11.6. The van der Waals surface area contributed by atoms with Crippen molar-refractivity contribution < 1.29 is 0 Å².